The van der Waals surface area contributed by atoms with Crippen molar-refractivity contribution >= 4 is 23.5 Å². The summed E-state index contributed by atoms with van der Waals surface area (Å²) in [7, 11) is 0. The van der Waals surface area contributed by atoms with Crippen molar-refractivity contribution in [1.29, 1.82) is 0 Å². The Morgan fingerprint density at radius 1 is 0.655 bits per heavy atom. The SMILES string of the molecule is CCCOCc1cc(C(C)=O)ccc1OCC(O)CN1CCOCC1.CCCOCc1cc(C(C)=O)ccc1OCC(O)CN1CCOCC1.O=C(O)/C=C/C(=O)O. The predicted octanol–water partition coefficient (Wildman–Crippen LogP) is 3.49. The van der Waals surface area contributed by atoms with Gasteiger partial charge in [-0.15, -0.1) is 0 Å². The molecule has 2 atom stereocenters. The van der Waals surface area contributed by atoms with Crippen LogP contribution < -0.4 is 9.47 Å². The molecule has 4 rings (SSSR count). The Morgan fingerprint density at radius 3 is 1.33 bits per heavy atom. The lowest BCUT2D eigenvalue weighted by Crippen LogP contribution is -2.42. The summed E-state index contributed by atoms with van der Waals surface area (Å²) in [5, 5.41) is 36.1. The standard InChI is InChI=1S/2C19H29NO5.C4H4O4/c2*1-3-8-24-13-17-11-16(15(2)21)4-5-19(17)25-14-18(22)12-20-6-9-23-10-7-20;5-3(6)1-2-4(7)8/h2*4-5,11,18,22H,3,6-10,12-14H2,1-2H3;1-2H,(H,5,6)(H,7,8)/b;;2-1+. The van der Waals surface area contributed by atoms with Gasteiger partial charge < -0.3 is 48.8 Å². The second-order valence-electron chi connectivity index (χ2n) is 13.6. The van der Waals surface area contributed by atoms with E-state index < -0.39 is 24.1 Å². The van der Waals surface area contributed by atoms with Crippen molar-refractivity contribution in [3.05, 3.63) is 70.8 Å². The first kappa shape index (κ1) is 49.9. The maximum atomic E-state index is 11.6. The van der Waals surface area contributed by atoms with Crippen LogP contribution in [-0.4, -0.2) is 158 Å². The number of Topliss-reactive ketones (excluding diaryl/α,β-unsaturated/α-hetero) is 2. The maximum absolute atomic E-state index is 11.6. The number of hydrogen-bond acceptors (Lipinski definition) is 14. The van der Waals surface area contributed by atoms with Crippen LogP contribution in [0.4, 0.5) is 0 Å². The Balaban J connectivity index is 0.000000337. The lowest BCUT2D eigenvalue weighted by molar-refractivity contribution is -0.134. The van der Waals surface area contributed by atoms with Gasteiger partial charge >= 0.3 is 11.9 Å². The van der Waals surface area contributed by atoms with Crippen molar-refractivity contribution in [3.63, 3.8) is 0 Å². The largest absolute Gasteiger partial charge is 0.490 e. The van der Waals surface area contributed by atoms with Crippen molar-refractivity contribution in [2.24, 2.45) is 0 Å². The second-order valence-corrected chi connectivity index (χ2v) is 13.6. The Bertz CT molecular complexity index is 1440. The van der Waals surface area contributed by atoms with Gasteiger partial charge in [0.1, 0.15) is 36.9 Å². The van der Waals surface area contributed by atoms with E-state index in [1.165, 1.54) is 0 Å². The molecule has 324 valence electrons. The van der Waals surface area contributed by atoms with E-state index in [-0.39, 0.29) is 24.8 Å². The summed E-state index contributed by atoms with van der Waals surface area (Å²) in [5.41, 5.74) is 2.94. The molecular formula is C42H62N2O14. The number of ether oxygens (including phenoxy) is 6. The van der Waals surface area contributed by atoms with Gasteiger partial charge in [0.2, 0.25) is 0 Å². The Hall–Kier alpha value is -4.26. The van der Waals surface area contributed by atoms with Crippen LogP contribution in [0.15, 0.2) is 48.6 Å². The first-order valence-electron chi connectivity index (χ1n) is 19.6. The van der Waals surface area contributed by atoms with E-state index in [0.29, 0.717) is 101 Å². The summed E-state index contributed by atoms with van der Waals surface area (Å²) in [6, 6.07) is 10.7. The number of hydrogen-bond donors (Lipinski definition) is 4. The van der Waals surface area contributed by atoms with E-state index in [2.05, 4.69) is 9.80 Å². The fraction of sp³-hybridized carbons (Fsp3) is 0.571. The number of ketones is 2. The summed E-state index contributed by atoms with van der Waals surface area (Å²) in [4.78, 5) is 46.6. The van der Waals surface area contributed by atoms with Gasteiger partial charge in [-0.3, -0.25) is 19.4 Å². The zero-order chi connectivity index (χ0) is 42.7. The Kier molecular flexibility index (Phi) is 25.0. The molecule has 0 spiro atoms. The molecule has 2 saturated heterocycles. The molecule has 0 saturated carbocycles. The summed E-state index contributed by atoms with van der Waals surface area (Å²) in [6.07, 6.45) is 1.83. The third-order valence-electron chi connectivity index (χ3n) is 8.52. The molecule has 16 heteroatoms. The number of morpholine rings is 2. The fourth-order valence-electron chi connectivity index (χ4n) is 5.54. The van der Waals surface area contributed by atoms with E-state index in [0.717, 1.165) is 50.1 Å². The molecule has 58 heavy (non-hydrogen) atoms. The van der Waals surface area contributed by atoms with Gasteiger partial charge in [-0.25, -0.2) is 9.59 Å². The number of carboxylic acids is 2. The molecule has 4 N–H and O–H groups in total. The molecule has 2 aromatic carbocycles. The van der Waals surface area contributed by atoms with Gasteiger partial charge in [0.15, 0.2) is 11.6 Å². The highest BCUT2D eigenvalue weighted by atomic mass is 16.5. The van der Waals surface area contributed by atoms with Crippen molar-refractivity contribution in [1.82, 2.24) is 9.80 Å². The number of aliphatic carboxylic acids is 2. The fourth-order valence-corrected chi connectivity index (χ4v) is 5.54. The van der Waals surface area contributed by atoms with E-state index in [4.69, 9.17) is 38.6 Å². The lowest BCUT2D eigenvalue weighted by atomic mass is 10.1. The third-order valence-corrected chi connectivity index (χ3v) is 8.52. The molecule has 0 aliphatic carbocycles. The van der Waals surface area contributed by atoms with Crippen LogP contribution in [0.2, 0.25) is 0 Å². The van der Waals surface area contributed by atoms with E-state index in [1.54, 1.807) is 38.1 Å². The molecule has 0 aromatic heterocycles. The van der Waals surface area contributed by atoms with E-state index >= 15 is 0 Å². The zero-order valence-corrected chi connectivity index (χ0v) is 34.3. The highest BCUT2D eigenvalue weighted by molar-refractivity contribution is 5.95. The highest BCUT2D eigenvalue weighted by Crippen LogP contribution is 2.23. The monoisotopic (exact) mass is 818 g/mol. The molecule has 0 radical (unpaired) electrons. The average Bonchev–Trinajstić information content (AvgIpc) is 3.20. The Morgan fingerprint density at radius 2 is 1.02 bits per heavy atom. The molecule has 16 nitrogen and oxygen atoms in total. The number of carboxylic acid groups (broad SMARTS) is 2. The van der Waals surface area contributed by atoms with Crippen LogP contribution in [0.25, 0.3) is 0 Å². The molecule has 2 aromatic rings. The van der Waals surface area contributed by atoms with Crippen molar-refractivity contribution < 1.29 is 68.0 Å². The summed E-state index contributed by atoms with van der Waals surface area (Å²) in [5.74, 6) is -1.18. The molecule has 2 aliphatic heterocycles. The number of nitrogens with zero attached hydrogens (tertiary/aromatic N) is 2. The lowest BCUT2D eigenvalue weighted by Gasteiger charge is -2.28. The first-order valence-corrected chi connectivity index (χ1v) is 19.6. The minimum atomic E-state index is -1.26. The first-order chi connectivity index (χ1) is 27.8. The van der Waals surface area contributed by atoms with Crippen LogP contribution in [0.5, 0.6) is 11.5 Å². The van der Waals surface area contributed by atoms with E-state index in [1.807, 2.05) is 26.0 Å². The summed E-state index contributed by atoms with van der Waals surface area (Å²) >= 11 is 0. The quantitative estimate of drug-likeness (QED) is 0.0761. The molecule has 2 aliphatic rings. The third kappa shape index (κ3) is 21.5. The normalized spacial score (nSPS) is 15.6. The van der Waals surface area contributed by atoms with Gasteiger partial charge in [-0.2, -0.15) is 0 Å². The molecule has 2 heterocycles. The van der Waals surface area contributed by atoms with Crippen molar-refractivity contribution in [2.45, 2.75) is 66.0 Å². The summed E-state index contributed by atoms with van der Waals surface area (Å²) in [6.45, 7) is 17.0. The molecule has 2 unspecified atom stereocenters. The van der Waals surface area contributed by atoms with Crippen molar-refractivity contribution in [3.8, 4) is 11.5 Å². The van der Waals surface area contributed by atoms with Gasteiger partial charge in [0.05, 0.1) is 39.6 Å². The van der Waals surface area contributed by atoms with Gasteiger partial charge in [0.25, 0.3) is 0 Å². The molecule has 2 fully saturated rings. The molecule has 0 bridgehead atoms. The highest BCUT2D eigenvalue weighted by Gasteiger charge is 2.18. The Labute approximate surface area is 341 Å². The van der Waals surface area contributed by atoms with E-state index in [9.17, 15) is 29.4 Å². The predicted molar refractivity (Wildman–Crippen MR) is 215 cm³/mol. The zero-order valence-electron chi connectivity index (χ0n) is 34.3. The maximum Gasteiger partial charge on any atom is 0.328 e. The van der Waals surface area contributed by atoms with Gasteiger partial charge in [-0.1, -0.05) is 13.8 Å². The van der Waals surface area contributed by atoms with Gasteiger partial charge in [-0.05, 0) is 63.1 Å². The number of carbonyl (C=O) groups is 4. The molecular weight excluding hydrogens is 756 g/mol. The number of benzene rings is 2. The van der Waals surface area contributed by atoms with Crippen LogP contribution in [0.3, 0.4) is 0 Å². The minimum absolute atomic E-state index is 0.00986. The number of rotatable bonds is 22. The topological polar surface area (TPSA) is 211 Å². The number of aliphatic hydroxyl groups excluding tert-OH is 2. The summed E-state index contributed by atoms with van der Waals surface area (Å²) < 4.78 is 33.4. The minimum Gasteiger partial charge on any atom is -0.490 e. The van der Waals surface area contributed by atoms with Crippen LogP contribution >= 0.6 is 0 Å². The van der Waals surface area contributed by atoms with Crippen LogP contribution in [0.1, 0.15) is 72.4 Å². The van der Waals surface area contributed by atoms with Crippen LogP contribution in [-0.2, 0) is 41.8 Å². The number of β-amino-alcohol motifs (C(OH)–C–C–N with tert-alkyl or cyclic N) is 2. The molecule has 0 amide bonds. The van der Waals surface area contributed by atoms with Crippen molar-refractivity contribution in [2.75, 3.05) is 92.1 Å². The van der Waals surface area contributed by atoms with Crippen LogP contribution in [0, 0.1) is 0 Å². The van der Waals surface area contributed by atoms with Gasteiger partial charge in [0, 0.05) is 86.9 Å². The number of aliphatic hydroxyl groups is 2. The average molecular weight is 819 g/mol. The number of carbonyl (C=O) groups excluding carboxylic acids is 2. The smallest absolute Gasteiger partial charge is 0.328 e. The second kappa shape index (κ2) is 29.0.